The molecule has 0 aliphatic carbocycles. The topological polar surface area (TPSA) is 108 Å². The van der Waals surface area contributed by atoms with Crippen molar-refractivity contribution in [3.05, 3.63) is 48.6 Å². The van der Waals surface area contributed by atoms with Crippen LogP contribution in [0.4, 0.5) is 0 Å². The lowest BCUT2D eigenvalue weighted by molar-refractivity contribution is -0.870. The second kappa shape index (κ2) is 60.1. The summed E-state index contributed by atoms with van der Waals surface area (Å²) in [5.41, 5.74) is 0. The number of aliphatic hydroxyl groups excluding tert-OH is 1. The number of hydrogen-bond acceptors (Lipinski definition) is 6. The number of carbonyl (C=O) groups is 1. The van der Waals surface area contributed by atoms with E-state index in [0.717, 1.165) is 44.9 Å². The summed E-state index contributed by atoms with van der Waals surface area (Å²) in [6, 6.07) is -0.902. The van der Waals surface area contributed by atoms with Crippen LogP contribution in [0.2, 0.25) is 0 Å². The summed E-state index contributed by atoms with van der Waals surface area (Å²) in [5.74, 6) is -0.202. The molecule has 3 atom stereocenters. The third-order valence-electron chi connectivity index (χ3n) is 15.5. The molecular weight excluding hydrogens is 984 g/mol. The van der Waals surface area contributed by atoms with E-state index in [9.17, 15) is 19.4 Å². The van der Waals surface area contributed by atoms with Gasteiger partial charge in [0, 0.05) is 6.42 Å². The Labute approximate surface area is 486 Å². The molecule has 0 bridgehead atoms. The van der Waals surface area contributed by atoms with Gasteiger partial charge in [-0.3, -0.25) is 9.36 Å². The molecule has 0 saturated carbocycles. The molecule has 8 nitrogen and oxygen atoms in total. The van der Waals surface area contributed by atoms with E-state index in [2.05, 4.69) is 55.6 Å². The first-order chi connectivity index (χ1) is 38.0. The minimum Gasteiger partial charge on any atom is -0.756 e. The van der Waals surface area contributed by atoms with Gasteiger partial charge in [0.2, 0.25) is 5.91 Å². The lowest BCUT2D eigenvalue weighted by atomic mass is 10.0. The molecule has 0 rings (SSSR count). The molecule has 0 spiro atoms. The zero-order valence-corrected chi connectivity index (χ0v) is 53.5. The number of likely N-dealkylation sites (N-methyl/N-ethyl adjacent to an activating group) is 1. The summed E-state index contributed by atoms with van der Waals surface area (Å²) in [4.78, 5) is 25.5. The fraction of sp³-hybridized carbons (Fsp3) is 0.870. The molecule has 0 aromatic rings. The molecule has 0 aliphatic rings. The van der Waals surface area contributed by atoms with Gasteiger partial charge in [0.25, 0.3) is 7.82 Å². The molecule has 460 valence electrons. The number of carbonyl (C=O) groups excluding carboxylic acids is 1. The van der Waals surface area contributed by atoms with E-state index >= 15 is 0 Å². The van der Waals surface area contributed by atoms with Crippen LogP contribution in [0.25, 0.3) is 0 Å². The van der Waals surface area contributed by atoms with Crippen LogP contribution in [0.5, 0.6) is 0 Å². The van der Waals surface area contributed by atoms with Gasteiger partial charge < -0.3 is 28.8 Å². The summed E-state index contributed by atoms with van der Waals surface area (Å²) in [6.45, 7) is 4.64. The highest BCUT2D eigenvalue weighted by atomic mass is 31.2. The van der Waals surface area contributed by atoms with E-state index in [1.807, 2.05) is 27.2 Å². The number of nitrogens with zero attached hydrogens (tertiary/aromatic N) is 1. The summed E-state index contributed by atoms with van der Waals surface area (Å²) in [7, 11) is 1.26. The third-order valence-corrected chi connectivity index (χ3v) is 16.5. The van der Waals surface area contributed by atoms with Gasteiger partial charge in [0.15, 0.2) is 0 Å². The van der Waals surface area contributed by atoms with Crippen molar-refractivity contribution < 1.29 is 32.9 Å². The summed E-state index contributed by atoms with van der Waals surface area (Å²) in [6.07, 6.45) is 81.1. The zero-order valence-electron chi connectivity index (χ0n) is 52.6. The van der Waals surface area contributed by atoms with Gasteiger partial charge in [-0.2, -0.15) is 0 Å². The average Bonchev–Trinajstić information content (AvgIpc) is 3.41. The van der Waals surface area contributed by atoms with E-state index in [-0.39, 0.29) is 19.1 Å². The standard InChI is InChI=1S/C69H133N2O6P/c1-6-8-10-12-14-16-18-20-22-23-24-25-26-27-28-29-30-31-32-33-34-35-36-37-38-39-40-41-42-43-44-45-46-47-49-51-53-55-57-59-61-63-69(73)70-67(66-77-78(74,75)76-65-64-71(3,4)5)68(72)62-60-58-56-54-52-50-48-21-19-17-15-13-11-9-7-2/h18,20,23-24,52,54,60,62,67-68,72H,6-17,19,21-22,25-51,53,55-59,61,63-66H2,1-5H3,(H-,70,73,74,75)/b20-18-,24-23-,54-52+,62-60+. The molecular formula is C69H133N2O6P. The van der Waals surface area contributed by atoms with Gasteiger partial charge in [-0.25, -0.2) is 0 Å². The zero-order chi connectivity index (χ0) is 57.0. The quantitative estimate of drug-likeness (QED) is 0.0272. The minimum atomic E-state index is -4.60. The maximum Gasteiger partial charge on any atom is 0.268 e. The Morgan fingerprint density at radius 2 is 0.756 bits per heavy atom. The Kier molecular flexibility index (Phi) is 58.9. The van der Waals surface area contributed by atoms with E-state index < -0.39 is 20.0 Å². The number of nitrogens with one attached hydrogen (secondary N) is 1. The normalized spacial score (nSPS) is 14.0. The van der Waals surface area contributed by atoms with Crippen LogP contribution >= 0.6 is 7.82 Å². The first kappa shape index (κ1) is 76.5. The van der Waals surface area contributed by atoms with Crippen molar-refractivity contribution in [1.82, 2.24) is 5.32 Å². The predicted molar refractivity (Wildman–Crippen MR) is 339 cm³/mol. The van der Waals surface area contributed by atoms with Gasteiger partial charge in [-0.05, 0) is 64.2 Å². The Morgan fingerprint density at radius 1 is 0.449 bits per heavy atom. The summed E-state index contributed by atoms with van der Waals surface area (Å²) in [5, 5.41) is 13.9. The van der Waals surface area contributed by atoms with E-state index in [4.69, 9.17) is 9.05 Å². The van der Waals surface area contributed by atoms with Crippen molar-refractivity contribution >= 4 is 13.7 Å². The van der Waals surface area contributed by atoms with Crippen molar-refractivity contribution in [2.45, 2.75) is 347 Å². The number of quaternary nitrogens is 1. The Morgan fingerprint density at radius 3 is 1.12 bits per heavy atom. The predicted octanol–water partition coefficient (Wildman–Crippen LogP) is 20.8. The van der Waals surface area contributed by atoms with Crippen LogP contribution in [0.1, 0.15) is 335 Å². The molecule has 0 fully saturated rings. The number of aliphatic hydroxyl groups is 1. The third kappa shape index (κ3) is 62.1. The molecule has 0 aliphatic heterocycles. The highest BCUT2D eigenvalue weighted by Crippen LogP contribution is 2.38. The number of phosphoric ester groups is 1. The maximum atomic E-state index is 13.0. The van der Waals surface area contributed by atoms with Crippen molar-refractivity contribution in [1.29, 1.82) is 0 Å². The van der Waals surface area contributed by atoms with Crippen LogP contribution < -0.4 is 10.2 Å². The van der Waals surface area contributed by atoms with Gasteiger partial charge in [-0.1, -0.05) is 313 Å². The molecule has 0 radical (unpaired) electrons. The molecule has 0 aromatic heterocycles. The van der Waals surface area contributed by atoms with Crippen LogP contribution in [-0.4, -0.2) is 68.5 Å². The fourth-order valence-corrected chi connectivity index (χ4v) is 10.9. The van der Waals surface area contributed by atoms with Crippen LogP contribution in [0.15, 0.2) is 48.6 Å². The number of amides is 1. The molecule has 2 N–H and O–H groups in total. The number of hydrogen-bond donors (Lipinski definition) is 2. The largest absolute Gasteiger partial charge is 0.756 e. The average molecular weight is 1120 g/mol. The minimum absolute atomic E-state index is 0.00490. The Balaban J connectivity index is 3.86. The van der Waals surface area contributed by atoms with Gasteiger partial charge in [-0.15, -0.1) is 0 Å². The molecule has 0 saturated heterocycles. The Bertz CT molecular complexity index is 1410. The molecule has 9 heteroatoms. The highest BCUT2D eigenvalue weighted by molar-refractivity contribution is 7.45. The fourth-order valence-electron chi connectivity index (χ4n) is 10.2. The van der Waals surface area contributed by atoms with Crippen molar-refractivity contribution in [2.75, 3.05) is 40.9 Å². The summed E-state index contributed by atoms with van der Waals surface area (Å²) >= 11 is 0. The molecule has 0 heterocycles. The smallest absolute Gasteiger partial charge is 0.268 e. The first-order valence-corrected chi connectivity index (χ1v) is 35.5. The Hall–Kier alpha value is -1.54. The van der Waals surface area contributed by atoms with Crippen LogP contribution in [0.3, 0.4) is 0 Å². The van der Waals surface area contributed by atoms with Crippen molar-refractivity contribution in [2.24, 2.45) is 0 Å². The SMILES string of the molecule is CCCCCCC/C=C\C/C=C\CCCCCCCCCCCCCCCCCCCCCCCCCCCCCCCC(=O)NC(COP(=O)([O-])OCC[N+](C)(C)C)C(O)/C=C/CC/C=C/CCCCCCCCCCC. The molecule has 3 unspecified atom stereocenters. The van der Waals surface area contributed by atoms with E-state index in [0.29, 0.717) is 17.4 Å². The number of allylic oxidation sites excluding steroid dienone is 7. The van der Waals surface area contributed by atoms with Crippen molar-refractivity contribution in [3.63, 3.8) is 0 Å². The highest BCUT2D eigenvalue weighted by Gasteiger charge is 2.23. The van der Waals surface area contributed by atoms with Crippen LogP contribution in [0, 0.1) is 0 Å². The van der Waals surface area contributed by atoms with Gasteiger partial charge in [0.05, 0.1) is 39.9 Å². The number of unbranched alkanes of at least 4 members (excludes halogenated alkanes) is 44. The lowest BCUT2D eigenvalue weighted by Gasteiger charge is -2.29. The van der Waals surface area contributed by atoms with E-state index in [1.165, 1.54) is 270 Å². The summed E-state index contributed by atoms with van der Waals surface area (Å²) < 4.78 is 23.3. The number of rotatable bonds is 63. The van der Waals surface area contributed by atoms with E-state index in [1.54, 1.807) is 6.08 Å². The van der Waals surface area contributed by atoms with Gasteiger partial charge in [0.1, 0.15) is 13.2 Å². The number of phosphoric acid groups is 1. The van der Waals surface area contributed by atoms with Crippen LogP contribution in [-0.2, 0) is 18.4 Å². The second-order valence-electron chi connectivity index (χ2n) is 24.5. The lowest BCUT2D eigenvalue weighted by Crippen LogP contribution is -2.45. The monoisotopic (exact) mass is 1120 g/mol. The second-order valence-corrected chi connectivity index (χ2v) is 25.9. The van der Waals surface area contributed by atoms with Crippen molar-refractivity contribution in [3.8, 4) is 0 Å². The maximum absolute atomic E-state index is 13.0. The molecule has 78 heavy (non-hydrogen) atoms. The molecule has 1 amide bonds. The first-order valence-electron chi connectivity index (χ1n) is 34.0. The molecule has 0 aromatic carbocycles. The van der Waals surface area contributed by atoms with Gasteiger partial charge >= 0.3 is 0 Å².